The average molecular weight is 249 g/mol. The maximum atomic E-state index is 13.4. The Labute approximate surface area is 95.3 Å². The summed E-state index contributed by atoms with van der Waals surface area (Å²) in [5.74, 6) is -0.929. The van der Waals surface area contributed by atoms with Crippen LogP contribution in [0.1, 0.15) is 18.4 Å². The molecule has 2 rings (SSSR count). The zero-order valence-electron chi connectivity index (χ0n) is 8.76. The SMILES string of the molecule is OC1CC(Nc2ccc(C(F)(F)F)cc2F)C1. The quantitative estimate of drug-likeness (QED) is 0.790. The van der Waals surface area contributed by atoms with Crippen molar-refractivity contribution in [1.29, 1.82) is 0 Å². The van der Waals surface area contributed by atoms with Crippen LogP contribution in [-0.4, -0.2) is 17.3 Å². The maximum absolute atomic E-state index is 13.4. The Balaban J connectivity index is 2.09. The molecule has 0 bridgehead atoms. The lowest BCUT2D eigenvalue weighted by Crippen LogP contribution is -2.39. The van der Waals surface area contributed by atoms with E-state index in [1.165, 1.54) is 0 Å². The number of halogens is 4. The van der Waals surface area contributed by atoms with Gasteiger partial charge in [-0.25, -0.2) is 4.39 Å². The molecule has 0 aliphatic heterocycles. The van der Waals surface area contributed by atoms with E-state index < -0.39 is 23.7 Å². The van der Waals surface area contributed by atoms with Crippen LogP contribution in [-0.2, 0) is 6.18 Å². The number of aliphatic hydroxyl groups excluding tert-OH is 1. The summed E-state index contributed by atoms with van der Waals surface area (Å²) in [7, 11) is 0. The Kier molecular flexibility index (Phi) is 2.99. The minimum atomic E-state index is -4.54. The van der Waals surface area contributed by atoms with Gasteiger partial charge in [0.2, 0.25) is 0 Å². The van der Waals surface area contributed by atoms with Gasteiger partial charge in [-0.3, -0.25) is 0 Å². The molecule has 0 saturated heterocycles. The van der Waals surface area contributed by atoms with Gasteiger partial charge in [-0.05, 0) is 31.0 Å². The van der Waals surface area contributed by atoms with Gasteiger partial charge in [-0.1, -0.05) is 0 Å². The molecule has 6 heteroatoms. The van der Waals surface area contributed by atoms with E-state index >= 15 is 0 Å². The van der Waals surface area contributed by atoms with Gasteiger partial charge in [0.15, 0.2) is 0 Å². The molecule has 1 aliphatic rings. The summed E-state index contributed by atoms with van der Waals surface area (Å²) in [4.78, 5) is 0. The first-order valence-electron chi connectivity index (χ1n) is 5.17. The van der Waals surface area contributed by atoms with Gasteiger partial charge < -0.3 is 10.4 Å². The molecule has 1 fully saturated rings. The third-order valence-electron chi connectivity index (χ3n) is 2.77. The van der Waals surface area contributed by atoms with E-state index in [-0.39, 0.29) is 11.7 Å². The molecule has 1 aromatic carbocycles. The summed E-state index contributed by atoms with van der Waals surface area (Å²) >= 11 is 0. The first-order valence-corrected chi connectivity index (χ1v) is 5.17. The minimum Gasteiger partial charge on any atom is -0.393 e. The van der Waals surface area contributed by atoms with E-state index in [1.54, 1.807) is 0 Å². The monoisotopic (exact) mass is 249 g/mol. The molecule has 0 spiro atoms. The second-order valence-corrected chi connectivity index (χ2v) is 4.16. The molecule has 1 aliphatic carbocycles. The van der Waals surface area contributed by atoms with Gasteiger partial charge in [0, 0.05) is 6.04 Å². The van der Waals surface area contributed by atoms with Crippen LogP contribution in [0.5, 0.6) is 0 Å². The van der Waals surface area contributed by atoms with Crippen molar-refractivity contribution in [2.75, 3.05) is 5.32 Å². The Bertz CT molecular complexity index is 412. The fraction of sp³-hybridized carbons (Fsp3) is 0.455. The molecule has 17 heavy (non-hydrogen) atoms. The van der Waals surface area contributed by atoms with Gasteiger partial charge in [0.25, 0.3) is 0 Å². The molecule has 1 aromatic rings. The summed E-state index contributed by atoms with van der Waals surface area (Å²) in [6.45, 7) is 0. The molecule has 0 unspecified atom stereocenters. The number of alkyl halides is 3. The highest BCUT2D eigenvalue weighted by Gasteiger charge is 2.32. The lowest BCUT2D eigenvalue weighted by molar-refractivity contribution is -0.137. The van der Waals surface area contributed by atoms with Crippen molar-refractivity contribution in [2.24, 2.45) is 0 Å². The Hall–Kier alpha value is -1.30. The number of hydrogen-bond acceptors (Lipinski definition) is 2. The van der Waals surface area contributed by atoms with Gasteiger partial charge in [0.05, 0.1) is 17.4 Å². The molecule has 94 valence electrons. The minimum absolute atomic E-state index is 0.0369. The standard InChI is InChI=1S/C11H11F4NO/c12-9-3-6(11(13,14)15)1-2-10(9)16-7-4-8(17)5-7/h1-3,7-8,16-17H,4-5H2. The van der Waals surface area contributed by atoms with E-state index in [0.717, 1.165) is 12.1 Å². The zero-order valence-corrected chi connectivity index (χ0v) is 8.76. The molecule has 0 aromatic heterocycles. The summed E-state index contributed by atoms with van der Waals surface area (Å²) in [5.41, 5.74) is -0.968. The van der Waals surface area contributed by atoms with Crippen molar-refractivity contribution in [3.05, 3.63) is 29.6 Å². The van der Waals surface area contributed by atoms with E-state index in [1.807, 2.05) is 0 Å². The van der Waals surface area contributed by atoms with Gasteiger partial charge in [-0.15, -0.1) is 0 Å². The van der Waals surface area contributed by atoms with Gasteiger partial charge >= 0.3 is 6.18 Å². The number of rotatable bonds is 2. The molecule has 0 heterocycles. The fourth-order valence-corrected chi connectivity index (χ4v) is 1.73. The van der Waals surface area contributed by atoms with Crippen molar-refractivity contribution in [3.63, 3.8) is 0 Å². The third kappa shape index (κ3) is 2.69. The summed E-state index contributed by atoms with van der Waals surface area (Å²) < 4.78 is 50.2. The topological polar surface area (TPSA) is 32.3 Å². The highest BCUT2D eigenvalue weighted by Crippen LogP contribution is 2.32. The number of nitrogens with one attached hydrogen (secondary N) is 1. The summed E-state index contributed by atoms with van der Waals surface area (Å²) in [6.07, 6.45) is -3.96. The highest BCUT2D eigenvalue weighted by molar-refractivity contribution is 5.48. The number of hydrogen-bond donors (Lipinski definition) is 2. The fourth-order valence-electron chi connectivity index (χ4n) is 1.73. The van der Waals surface area contributed by atoms with Gasteiger partial charge in [-0.2, -0.15) is 13.2 Å². The Morgan fingerprint density at radius 3 is 2.35 bits per heavy atom. The predicted octanol–water partition coefficient (Wildman–Crippen LogP) is 2.78. The molecule has 0 atom stereocenters. The molecule has 2 N–H and O–H groups in total. The molecular formula is C11H11F4NO. The third-order valence-corrected chi connectivity index (χ3v) is 2.77. The van der Waals surface area contributed by atoms with E-state index in [9.17, 15) is 17.6 Å². The number of benzene rings is 1. The van der Waals surface area contributed by atoms with Crippen LogP contribution in [0, 0.1) is 5.82 Å². The predicted molar refractivity (Wildman–Crippen MR) is 54.1 cm³/mol. The smallest absolute Gasteiger partial charge is 0.393 e. The lowest BCUT2D eigenvalue weighted by atomic mass is 9.89. The maximum Gasteiger partial charge on any atom is 0.416 e. The largest absolute Gasteiger partial charge is 0.416 e. The molecule has 1 saturated carbocycles. The first-order chi connectivity index (χ1) is 7.86. The van der Waals surface area contributed by atoms with E-state index in [4.69, 9.17) is 5.11 Å². The van der Waals surface area contributed by atoms with Crippen molar-refractivity contribution in [1.82, 2.24) is 0 Å². The van der Waals surface area contributed by atoms with Crippen molar-refractivity contribution < 1.29 is 22.7 Å². The van der Waals surface area contributed by atoms with Crippen molar-refractivity contribution >= 4 is 5.69 Å². The van der Waals surface area contributed by atoms with Crippen LogP contribution in [0.2, 0.25) is 0 Å². The van der Waals surface area contributed by atoms with Crippen LogP contribution in [0.25, 0.3) is 0 Å². The van der Waals surface area contributed by atoms with Crippen LogP contribution in [0.3, 0.4) is 0 Å². The molecule has 0 amide bonds. The van der Waals surface area contributed by atoms with Crippen molar-refractivity contribution in [2.45, 2.75) is 31.2 Å². The Morgan fingerprint density at radius 1 is 1.24 bits per heavy atom. The van der Waals surface area contributed by atoms with Crippen LogP contribution in [0.15, 0.2) is 18.2 Å². The average Bonchev–Trinajstić information content (AvgIpc) is 2.16. The summed E-state index contributed by atoms with van der Waals surface area (Å²) in [6, 6.07) is 2.30. The second-order valence-electron chi connectivity index (χ2n) is 4.16. The summed E-state index contributed by atoms with van der Waals surface area (Å²) in [5, 5.41) is 11.8. The molecule has 0 radical (unpaired) electrons. The van der Waals surface area contributed by atoms with Crippen LogP contribution >= 0.6 is 0 Å². The van der Waals surface area contributed by atoms with Crippen molar-refractivity contribution in [3.8, 4) is 0 Å². The first kappa shape index (κ1) is 12.2. The zero-order chi connectivity index (χ0) is 12.6. The molecule has 2 nitrogen and oxygen atoms in total. The van der Waals surface area contributed by atoms with Crippen LogP contribution in [0.4, 0.5) is 23.2 Å². The normalized spacial score (nSPS) is 24.3. The second kappa shape index (κ2) is 4.18. The van der Waals surface area contributed by atoms with E-state index in [2.05, 4.69) is 5.32 Å². The van der Waals surface area contributed by atoms with E-state index in [0.29, 0.717) is 18.9 Å². The Morgan fingerprint density at radius 2 is 1.88 bits per heavy atom. The van der Waals surface area contributed by atoms with Gasteiger partial charge in [0.1, 0.15) is 5.82 Å². The lowest BCUT2D eigenvalue weighted by Gasteiger charge is -2.32. The number of aliphatic hydroxyl groups is 1. The van der Waals surface area contributed by atoms with Crippen LogP contribution < -0.4 is 5.32 Å². The highest BCUT2D eigenvalue weighted by atomic mass is 19.4. The number of anilines is 1. The molecular weight excluding hydrogens is 238 g/mol.